The van der Waals surface area contributed by atoms with Gasteiger partial charge in [-0.15, -0.1) is 0 Å². The minimum Gasteiger partial charge on any atom is -0.497 e. The van der Waals surface area contributed by atoms with Gasteiger partial charge in [0.2, 0.25) is 5.89 Å². The summed E-state index contributed by atoms with van der Waals surface area (Å²) < 4.78 is 22.4. The number of benzene rings is 2. The van der Waals surface area contributed by atoms with E-state index in [4.69, 9.17) is 23.6 Å². The van der Waals surface area contributed by atoms with E-state index in [1.807, 2.05) is 31.2 Å². The van der Waals surface area contributed by atoms with E-state index in [0.717, 1.165) is 48.7 Å². The fourth-order valence-corrected chi connectivity index (χ4v) is 4.18. The predicted octanol–water partition coefficient (Wildman–Crippen LogP) is 5.01. The molecule has 1 aromatic heterocycles. The number of methoxy groups -OCH3 is 3. The Morgan fingerprint density at radius 2 is 1.90 bits per heavy atom. The van der Waals surface area contributed by atoms with Crippen LogP contribution in [-0.2, 0) is 6.54 Å². The Hall–Kier alpha value is -2.99. The fourth-order valence-electron chi connectivity index (χ4n) is 4.18. The van der Waals surface area contributed by atoms with E-state index >= 15 is 0 Å². The SMILES string of the molecule is COc1cccc([C@H]2CCCN2Cc2nc(-c3cccc(OC)c3OC)oc2C)c1. The summed E-state index contributed by atoms with van der Waals surface area (Å²) in [4.78, 5) is 7.29. The largest absolute Gasteiger partial charge is 0.497 e. The molecular formula is C24H28N2O4. The summed E-state index contributed by atoms with van der Waals surface area (Å²) in [6.07, 6.45) is 2.29. The molecule has 1 aliphatic heterocycles. The molecule has 1 saturated heterocycles. The van der Waals surface area contributed by atoms with E-state index in [0.29, 0.717) is 23.4 Å². The number of hydrogen-bond donors (Lipinski definition) is 0. The third kappa shape index (κ3) is 3.87. The van der Waals surface area contributed by atoms with Gasteiger partial charge >= 0.3 is 0 Å². The van der Waals surface area contributed by atoms with Gasteiger partial charge in [0.1, 0.15) is 11.5 Å². The number of likely N-dealkylation sites (tertiary alicyclic amines) is 1. The van der Waals surface area contributed by atoms with Gasteiger partial charge in [-0.3, -0.25) is 4.90 Å². The minimum absolute atomic E-state index is 0.353. The Morgan fingerprint density at radius 1 is 1.07 bits per heavy atom. The standard InChI is InChI=1S/C24H28N2O4/c1-16-20(25-24(30-16)19-10-6-12-22(28-3)23(19)29-4)15-26-13-7-11-21(26)17-8-5-9-18(14-17)27-2/h5-6,8-10,12,14,21H,7,11,13,15H2,1-4H3/t21-/m1/s1. The number of oxazole rings is 1. The van der Waals surface area contributed by atoms with Crippen molar-refractivity contribution < 1.29 is 18.6 Å². The summed E-state index contributed by atoms with van der Waals surface area (Å²) in [6.45, 7) is 3.74. The second-order valence-corrected chi connectivity index (χ2v) is 7.47. The van der Waals surface area contributed by atoms with Crippen LogP contribution in [0.15, 0.2) is 46.9 Å². The first-order valence-corrected chi connectivity index (χ1v) is 10.2. The first-order chi connectivity index (χ1) is 14.6. The third-order valence-electron chi connectivity index (χ3n) is 5.72. The van der Waals surface area contributed by atoms with Gasteiger partial charge in [-0.05, 0) is 56.1 Å². The van der Waals surface area contributed by atoms with Crippen molar-refractivity contribution in [2.24, 2.45) is 0 Å². The van der Waals surface area contributed by atoms with Gasteiger partial charge in [0.25, 0.3) is 0 Å². The molecule has 0 bridgehead atoms. The highest BCUT2D eigenvalue weighted by Gasteiger charge is 2.28. The molecule has 0 saturated carbocycles. The Morgan fingerprint density at radius 3 is 2.67 bits per heavy atom. The van der Waals surface area contributed by atoms with Crippen molar-refractivity contribution >= 4 is 0 Å². The van der Waals surface area contributed by atoms with Crippen molar-refractivity contribution in [2.45, 2.75) is 32.4 Å². The van der Waals surface area contributed by atoms with Crippen molar-refractivity contribution in [3.05, 3.63) is 59.5 Å². The molecule has 1 atom stereocenters. The average molecular weight is 408 g/mol. The van der Waals surface area contributed by atoms with Crippen LogP contribution in [0, 0.1) is 6.92 Å². The van der Waals surface area contributed by atoms with Crippen LogP contribution >= 0.6 is 0 Å². The van der Waals surface area contributed by atoms with Gasteiger partial charge in [0.15, 0.2) is 11.5 Å². The molecule has 4 rings (SSSR count). The van der Waals surface area contributed by atoms with Gasteiger partial charge in [0, 0.05) is 12.6 Å². The number of rotatable bonds is 7. The third-order valence-corrected chi connectivity index (χ3v) is 5.72. The molecule has 0 N–H and O–H groups in total. The highest BCUT2D eigenvalue weighted by Crippen LogP contribution is 2.39. The topological polar surface area (TPSA) is 57.0 Å². The van der Waals surface area contributed by atoms with Crippen LogP contribution < -0.4 is 14.2 Å². The minimum atomic E-state index is 0.353. The molecule has 158 valence electrons. The first-order valence-electron chi connectivity index (χ1n) is 10.2. The van der Waals surface area contributed by atoms with Crippen molar-refractivity contribution in [1.29, 1.82) is 0 Å². The van der Waals surface area contributed by atoms with E-state index < -0.39 is 0 Å². The van der Waals surface area contributed by atoms with Crippen LogP contribution in [-0.4, -0.2) is 37.8 Å². The molecule has 2 aromatic carbocycles. The monoisotopic (exact) mass is 408 g/mol. The maximum absolute atomic E-state index is 6.04. The molecular weight excluding hydrogens is 380 g/mol. The molecule has 2 heterocycles. The van der Waals surface area contributed by atoms with Crippen LogP contribution in [0.5, 0.6) is 17.2 Å². The average Bonchev–Trinajstić information content (AvgIpc) is 3.40. The van der Waals surface area contributed by atoms with Crippen LogP contribution in [0.1, 0.15) is 35.9 Å². The van der Waals surface area contributed by atoms with Crippen LogP contribution in [0.25, 0.3) is 11.5 Å². The Balaban J connectivity index is 1.60. The van der Waals surface area contributed by atoms with Gasteiger partial charge in [-0.2, -0.15) is 0 Å². The first kappa shape index (κ1) is 20.3. The Labute approximate surface area is 177 Å². The van der Waals surface area contributed by atoms with E-state index in [1.165, 1.54) is 5.56 Å². The summed E-state index contributed by atoms with van der Waals surface area (Å²) >= 11 is 0. The van der Waals surface area contributed by atoms with E-state index in [9.17, 15) is 0 Å². The lowest BCUT2D eigenvalue weighted by Crippen LogP contribution is -2.23. The molecule has 30 heavy (non-hydrogen) atoms. The maximum Gasteiger partial charge on any atom is 0.230 e. The number of nitrogens with zero attached hydrogens (tertiary/aromatic N) is 2. The van der Waals surface area contributed by atoms with Gasteiger partial charge < -0.3 is 18.6 Å². The highest BCUT2D eigenvalue weighted by molar-refractivity contribution is 5.68. The second-order valence-electron chi connectivity index (χ2n) is 7.47. The molecule has 3 aromatic rings. The Bertz CT molecular complexity index is 1010. The molecule has 6 heteroatoms. The normalized spacial score (nSPS) is 16.6. The van der Waals surface area contributed by atoms with Gasteiger partial charge in [0.05, 0.1) is 32.6 Å². The van der Waals surface area contributed by atoms with E-state index in [2.05, 4.69) is 23.1 Å². The molecule has 0 amide bonds. The van der Waals surface area contributed by atoms with Gasteiger partial charge in [-0.25, -0.2) is 4.98 Å². The molecule has 1 aliphatic rings. The zero-order valence-corrected chi connectivity index (χ0v) is 18.0. The number of ether oxygens (including phenoxy) is 3. The molecule has 0 spiro atoms. The van der Waals surface area contributed by atoms with Crippen molar-refractivity contribution in [3.8, 4) is 28.7 Å². The van der Waals surface area contributed by atoms with Crippen LogP contribution in [0.3, 0.4) is 0 Å². The summed E-state index contributed by atoms with van der Waals surface area (Å²) in [5.41, 5.74) is 3.02. The summed E-state index contributed by atoms with van der Waals surface area (Å²) in [7, 11) is 4.96. The molecule has 0 radical (unpaired) electrons. The van der Waals surface area contributed by atoms with Crippen LogP contribution in [0.2, 0.25) is 0 Å². The Kier molecular flexibility index (Phi) is 5.95. The van der Waals surface area contributed by atoms with E-state index in [1.54, 1.807) is 21.3 Å². The number of aromatic nitrogens is 1. The number of hydrogen-bond acceptors (Lipinski definition) is 6. The fraction of sp³-hybridized carbons (Fsp3) is 0.375. The maximum atomic E-state index is 6.04. The summed E-state index contributed by atoms with van der Waals surface area (Å²) in [5.74, 6) is 3.55. The lowest BCUT2D eigenvalue weighted by Gasteiger charge is -2.24. The predicted molar refractivity (Wildman–Crippen MR) is 115 cm³/mol. The smallest absolute Gasteiger partial charge is 0.230 e. The van der Waals surface area contributed by atoms with Gasteiger partial charge in [-0.1, -0.05) is 18.2 Å². The molecule has 1 fully saturated rings. The number of para-hydroxylation sites is 1. The zero-order chi connectivity index (χ0) is 21.1. The lowest BCUT2D eigenvalue weighted by atomic mass is 10.0. The summed E-state index contributed by atoms with van der Waals surface area (Å²) in [6, 6.07) is 14.4. The van der Waals surface area contributed by atoms with E-state index in [-0.39, 0.29) is 0 Å². The van der Waals surface area contributed by atoms with Crippen molar-refractivity contribution in [2.75, 3.05) is 27.9 Å². The zero-order valence-electron chi connectivity index (χ0n) is 18.0. The summed E-state index contributed by atoms with van der Waals surface area (Å²) in [5, 5.41) is 0. The number of aryl methyl sites for hydroxylation is 1. The molecule has 0 aliphatic carbocycles. The van der Waals surface area contributed by atoms with Crippen LogP contribution in [0.4, 0.5) is 0 Å². The second kappa shape index (κ2) is 8.79. The van der Waals surface area contributed by atoms with Crippen molar-refractivity contribution in [3.63, 3.8) is 0 Å². The highest BCUT2D eigenvalue weighted by atomic mass is 16.5. The lowest BCUT2D eigenvalue weighted by molar-refractivity contribution is 0.244. The van der Waals surface area contributed by atoms with Crippen molar-refractivity contribution in [1.82, 2.24) is 9.88 Å². The quantitative estimate of drug-likeness (QED) is 0.548. The molecule has 0 unspecified atom stereocenters. The molecule has 6 nitrogen and oxygen atoms in total.